The fourth-order valence-electron chi connectivity index (χ4n) is 2.65. The lowest BCUT2D eigenvalue weighted by molar-refractivity contribution is -0.0722. The summed E-state index contributed by atoms with van der Waals surface area (Å²) in [7, 11) is 0. The maximum atomic E-state index is 6.36. The molecule has 0 radical (unpaired) electrons. The van der Waals surface area contributed by atoms with Crippen molar-refractivity contribution in [1.29, 1.82) is 0 Å². The molecule has 0 aliphatic heterocycles. The van der Waals surface area contributed by atoms with Crippen LogP contribution in [0.4, 0.5) is 5.69 Å². The quantitative estimate of drug-likeness (QED) is 0.646. The van der Waals surface area contributed by atoms with E-state index >= 15 is 0 Å². The lowest BCUT2D eigenvalue weighted by Crippen LogP contribution is -2.48. The zero-order chi connectivity index (χ0) is 15.3. The molecule has 0 saturated carbocycles. The number of nitrogen functional groups attached to an aromatic ring is 1. The van der Waals surface area contributed by atoms with Crippen molar-refractivity contribution in [3.05, 3.63) is 60.2 Å². The van der Waals surface area contributed by atoms with Crippen molar-refractivity contribution in [2.75, 3.05) is 18.8 Å². The monoisotopic (exact) mass is 284 g/mol. The van der Waals surface area contributed by atoms with E-state index in [0.717, 1.165) is 30.1 Å². The first kappa shape index (κ1) is 15.4. The van der Waals surface area contributed by atoms with Crippen LogP contribution in [0, 0.1) is 0 Å². The molecular weight excluding hydrogens is 260 g/mol. The Morgan fingerprint density at radius 3 is 2.05 bits per heavy atom. The largest absolute Gasteiger partial charge is 0.469 e. The minimum absolute atomic E-state index is 0.499. The van der Waals surface area contributed by atoms with E-state index in [1.54, 1.807) is 0 Å². The summed E-state index contributed by atoms with van der Waals surface area (Å²) in [6.45, 7) is 8.24. The van der Waals surface area contributed by atoms with Crippen molar-refractivity contribution in [2.24, 2.45) is 0 Å². The molecule has 3 heteroatoms. The Balaban J connectivity index is 2.38. The molecule has 21 heavy (non-hydrogen) atoms. The molecule has 0 bridgehead atoms. The van der Waals surface area contributed by atoms with Crippen LogP contribution in [0.5, 0.6) is 5.75 Å². The highest BCUT2D eigenvalue weighted by Gasteiger charge is 2.34. The smallest absolute Gasteiger partial charge is 0.186 e. The summed E-state index contributed by atoms with van der Waals surface area (Å²) < 4.78 is 6.36. The molecule has 2 rings (SSSR count). The number of hydrogen-bond acceptors (Lipinski definition) is 3. The van der Waals surface area contributed by atoms with Crippen LogP contribution in [-0.2, 0) is 5.72 Å². The van der Waals surface area contributed by atoms with Gasteiger partial charge in [-0.1, -0.05) is 44.2 Å². The fraction of sp³-hybridized carbons (Fsp3) is 0.333. The van der Waals surface area contributed by atoms with Gasteiger partial charge in [-0.15, -0.1) is 0 Å². The van der Waals surface area contributed by atoms with Crippen molar-refractivity contribution in [3.63, 3.8) is 0 Å². The topological polar surface area (TPSA) is 38.5 Å². The molecule has 2 aromatic rings. The first-order valence-electron chi connectivity index (χ1n) is 7.45. The molecule has 0 heterocycles. The van der Waals surface area contributed by atoms with E-state index in [1.165, 1.54) is 0 Å². The Morgan fingerprint density at radius 1 is 0.952 bits per heavy atom. The van der Waals surface area contributed by atoms with Gasteiger partial charge >= 0.3 is 0 Å². The number of ether oxygens (including phenoxy) is 1. The predicted octanol–water partition coefficient (Wildman–Crippen LogP) is 3.86. The van der Waals surface area contributed by atoms with Crippen molar-refractivity contribution in [1.82, 2.24) is 4.90 Å². The van der Waals surface area contributed by atoms with Crippen LogP contribution in [0.2, 0.25) is 0 Å². The summed E-state index contributed by atoms with van der Waals surface area (Å²) >= 11 is 0. The lowest BCUT2D eigenvalue weighted by Gasteiger charge is -2.40. The van der Waals surface area contributed by atoms with Crippen LogP contribution in [0.1, 0.15) is 26.3 Å². The van der Waals surface area contributed by atoms with Gasteiger partial charge in [-0.2, -0.15) is 0 Å². The third-order valence-corrected chi connectivity index (χ3v) is 3.87. The first-order chi connectivity index (χ1) is 10.1. The molecule has 0 aliphatic rings. The second-order valence-corrected chi connectivity index (χ2v) is 5.19. The minimum atomic E-state index is -0.499. The van der Waals surface area contributed by atoms with Gasteiger partial charge in [0.15, 0.2) is 5.72 Å². The third kappa shape index (κ3) is 3.37. The number of benzene rings is 2. The highest BCUT2D eigenvalue weighted by Crippen LogP contribution is 2.31. The number of hydrogen-bond donors (Lipinski definition) is 1. The van der Waals surface area contributed by atoms with Crippen LogP contribution < -0.4 is 10.5 Å². The Hall–Kier alpha value is -2.00. The number of rotatable bonds is 6. The molecular formula is C18H24N2O. The maximum Gasteiger partial charge on any atom is 0.186 e. The molecule has 1 unspecified atom stereocenters. The van der Waals surface area contributed by atoms with E-state index in [0.29, 0.717) is 0 Å². The van der Waals surface area contributed by atoms with Gasteiger partial charge in [-0.05, 0) is 44.3 Å². The summed E-state index contributed by atoms with van der Waals surface area (Å²) in [4.78, 5) is 2.30. The maximum absolute atomic E-state index is 6.36. The number of nitrogens with two attached hydrogens (primary N) is 1. The molecule has 2 N–H and O–H groups in total. The highest BCUT2D eigenvalue weighted by atomic mass is 16.5. The van der Waals surface area contributed by atoms with Crippen LogP contribution in [0.15, 0.2) is 54.6 Å². The van der Waals surface area contributed by atoms with Crippen molar-refractivity contribution < 1.29 is 4.74 Å². The van der Waals surface area contributed by atoms with Gasteiger partial charge in [-0.3, -0.25) is 4.90 Å². The first-order valence-corrected chi connectivity index (χ1v) is 7.45. The molecule has 1 atom stereocenters. The van der Waals surface area contributed by atoms with Gasteiger partial charge in [0.25, 0.3) is 0 Å². The molecule has 0 aliphatic carbocycles. The van der Waals surface area contributed by atoms with E-state index in [-0.39, 0.29) is 0 Å². The predicted molar refractivity (Wildman–Crippen MR) is 88.2 cm³/mol. The summed E-state index contributed by atoms with van der Waals surface area (Å²) in [6.07, 6.45) is 0. The molecule has 0 amide bonds. The van der Waals surface area contributed by atoms with Crippen LogP contribution in [0.3, 0.4) is 0 Å². The van der Waals surface area contributed by atoms with E-state index in [1.807, 2.05) is 42.5 Å². The van der Waals surface area contributed by atoms with Gasteiger partial charge in [0.2, 0.25) is 0 Å². The molecule has 3 nitrogen and oxygen atoms in total. The highest BCUT2D eigenvalue weighted by molar-refractivity contribution is 5.42. The summed E-state index contributed by atoms with van der Waals surface area (Å²) in [5.41, 5.74) is 7.13. The van der Waals surface area contributed by atoms with Crippen LogP contribution in [0.25, 0.3) is 0 Å². The van der Waals surface area contributed by atoms with Gasteiger partial charge in [-0.25, -0.2) is 0 Å². The number of anilines is 1. The summed E-state index contributed by atoms with van der Waals surface area (Å²) in [6, 6.07) is 17.9. The van der Waals surface area contributed by atoms with Crippen molar-refractivity contribution in [2.45, 2.75) is 26.5 Å². The SMILES string of the molecule is CCN(CC)C(C)(Oc1ccc(N)cc1)c1ccccc1. The average molecular weight is 284 g/mol. The Kier molecular flexibility index (Phi) is 4.86. The summed E-state index contributed by atoms with van der Waals surface area (Å²) in [5.74, 6) is 0.822. The molecule has 2 aromatic carbocycles. The molecule has 0 saturated heterocycles. The normalized spacial score (nSPS) is 13.9. The Labute approximate surface area is 127 Å². The van der Waals surface area contributed by atoms with Crippen molar-refractivity contribution in [3.8, 4) is 5.75 Å². The second-order valence-electron chi connectivity index (χ2n) is 5.19. The molecule has 0 fully saturated rings. The van der Waals surface area contributed by atoms with Crippen LogP contribution in [-0.4, -0.2) is 18.0 Å². The molecule has 0 aromatic heterocycles. The van der Waals surface area contributed by atoms with Crippen molar-refractivity contribution >= 4 is 5.69 Å². The van der Waals surface area contributed by atoms with E-state index in [9.17, 15) is 0 Å². The Bertz CT molecular complexity index is 549. The second kappa shape index (κ2) is 6.64. The van der Waals surface area contributed by atoms with Gasteiger partial charge in [0, 0.05) is 11.3 Å². The Morgan fingerprint density at radius 2 is 1.52 bits per heavy atom. The molecule has 0 spiro atoms. The summed E-state index contributed by atoms with van der Waals surface area (Å²) in [5, 5.41) is 0. The fourth-order valence-corrected chi connectivity index (χ4v) is 2.65. The van der Waals surface area contributed by atoms with Gasteiger partial charge < -0.3 is 10.5 Å². The van der Waals surface area contributed by atoms with E-state index < -0.39 is 5.72 Å². The standard InChI is InChI=1S/C18H24N2O/c1-4-20(5-2)18(3,15-9-7-6-8-10-15)21-17-13-11-16(19)12-14-17/h6-14H,4-5,19H2,1-3H3. The number of nitrogens with zero attached hydrogens (tertiary/aromatic N) is 1. The minimum Gasteiger partial charge on any atom is -0.469 e. The van der Waals surface area contributed by atoms with E-state index in [4.69, 9.17) is 10.5 Å². The zero-order valence-corrected chi connectivity index (χ0v) is 13.0. The van der Waals surface area contributed by atoms with Gasteiger partial charge in [0.1, 0.15) is 5.75 Å². The third-order valence-electron chi connectivity index (χ3n) is 3.87. The lowest BCUT2D eigenvalue weighted by atomic mass is 10.0. The zero-order valence-electron chi connectivity index (χ0n) is 13.0. The molecule has 112 valence electrons. The van der Waals surface area contributed by atoms with Gasteiger partial charge in [0.05, 0.1) is 0 Å². The van der Waals surface area contributed by atoms with Crippen LogP contribution >= 0.6 is 0 Å². The van der Waals surface area contributed by atoms with E-state index in [2.05, 4.69) is 37.8 Å². The average Bonchev–Trinajstić information content (AvgIpc) is 2.52.